The topological polar surface area (TPSA) is 89.3 Å². The summed E-state index contributed by atoms with van der Waals surface area (Å²) in [5, 5.41) is 9.77. The maximum absolute atomic E-state index is 13.5. The molecule has 0 aromatic heterocycles. The van der Waals surface area contributed by atoms with Crippen molar-refractivity contribution in [2.24, 2.45) is 5.41 Å². The number of hydrogen-bond donors (Lipinski definition) is 0. The molecule has 0 bridgehead atoms. The van der Waals surface area contributed by atoms with Crippen molar-refractivity contribution in [3.63, 3.8) is 0 Å². The Balaban J connectivity index is 1.15. The predicted octanol–water partition coefficient (Wildman–Crippen LogP) is 6.34. The standard InChI is InChI=1S/C42H54FN5O4/c1-27-28(2)39(49)45(6)23-35(27)32-18-37(51-7)36(38(19-32)52-8)24-46-15-16-47(42(26-46)12-13-42)22-30-9-10-31-11-14-48(29(3)34(31)17-30)40(50)33(21-44)20-41(4,5)25-43/h9-10,17-20,29,35H,11-16,22-26H2,1-8H3/b33-20+/t29-,35?/m1/s1. The van der Waals surface area contributed by atoms with Crippen LogP contribution in [0, 0.1) is 16.7 Å². The lowest BCUT2D eigenvalue weighted by atomic mass is 9.85. The number of carbonyl (C=O) groups is 2. The van der Waals surface area contributed by atoms with E-state index in [9.17, 15) is 19.2 Å². The second-order valence-corrected chi connectivity index (χ2v) is 16.1. The summed E-state index contributed by atoms with van der Waals surface area (Å²) in [6.45, 7) is 14.2. The van der Waals surface area contributed by atoms with Gasteiger partial charge in [0.05, 0.1) is 32.5 Å². The Morgan fingerprint density at radius 1 is 1.08 bits per heavy atom. The van der Waals surface area contributed by atoms with E-state index < -0.39 is 12.1 Å². The molecule has 1 aliphatic carbocycles. The first-order valence-corrected chi connectivity index (χ1v) is 18.5. The highest BCUT2D eigenvalue weighted by molar-refractivity contribution is 5.98. The first kappa shape index (κ1) is 37.6. The van der Waals surface area contributed by atoms with Crippen molar-refractivity contribution in [1.82, 2.24) is 19.6 Å². The molecular formula is C42H54FN5O4. The number of rotatable bonds is 10. The molecule has 9 nitrogen and oxygen atoms in total. The Hall–Kier alpha value is -4.20. The van der Waals surface area contributed by atoms with Gasteiger partial charge in [-0.15, -0.1) is 0 Å². The summed E-state index contributed by atoms with van der Waals surface area (Å²) in [4.78, 5) is 34.8. The van der Waals surface area contributed by atoms with Crippen molar-refractivity contribution in [1.29, 1.82) is 5.26 Å². The number of benzene rings is 2. The van der Waals surface area contributed by atoms with Crippen LogP contribution in [0.5, 0.6) is 11.5 Å². The van der Waals surface area contributed by atoms with Gasteiger partial charge in [0, 0.05) is 75.3 Å². The van der Waals surface area contributed by atoms with Crippen molar-refractivity contribution < 1.29 is 23.5 Å². The largest absolute Gasteiger partial charge is 0.496 e. The van der Waals surface area contributed by atoms with Crippen LogP contribution < -0.4 is 9.47 Å². The lowest BCUT2D eigenvalue weighted by molar-refractivity contribution is -0.129. The van der Waals surface area contributed by atoms with Gasteiger partial charge in [-0.05, 0) is 74.4 Å². The Bertz CT molecular complexity index is 1810. The zero-order chi connectivity index (χ0) is 37.5. The van der Waals surface area contributed by atoms with E-state index in [1.807, 2.05) is 27.0 Å². The van der Waals surface area contributed by atoms with Gasteiger partial charge in [0.15, 0.2) is 0 Å². The molecule has 2 aromatic carbocycles. The Labute approximate surface area is 308 Å². The van der Waals surface area contributed by atoms with Crippen LogP contribution >= 0.6 is 0 Å². The zero-order valence-electron chi connectivity index (χ0n) is 32.1. The lowest BCUT2D eigenvalue weighted by Gasteiger charge is -2.43. The maximum atomic E-state index is 13.5. The summed E-state index contributed by atoms with van der Waals surface area (Å²) in [7, 11) is 5.29. The highest BCUT2D eigenvalue weighted by Gasteiger charge is 2.51. The van der Waals surface area contributed by atoms with E-state index in [2.05, 4.69) is 47.1 Å². The number of halogens is 1. The molecule has 2 aromatic rings. The number of fused-ring (bicyclic) bond motifs is 1. The summed E-state index contributed by atoms with van der Waals surface area (Å²) in [5.41, 5.74) is 6.86. The van der Waals surface area contributed by atoms with Gasteiger partial charge in [-0.2, -0.15) is 5.26 Å². The number of piperazine rings is 1. The van der Waals surface area contributed by atoms with E-state index in [1.54, 1.807) is 37.9 Å². The fourth-order valence-corrected chi connectivity index (χ4v) is 8.43. The molecule has 3 aliphatic heterocycles. The van der Waals surface area contributed by atoms with E-state index in [0.717, 1.165) is 91.3 Å². The number of amides is 2. The van der Waals surface area contributed by atoms with Crippen LogP contribution in [-0.4, -0.2) is 97.6 Å². The molecule has 10 heteroatoms. The molecule has 52 heavy (non-hydrogen) atoms. The quantitative estimate of drug-likeness (QED) is 0.210. The number of allylic oxidation sites excluding steroid dienone is 1. The predicted molar refractivity (Wildman–Crippen MR) is 200 cm³/mol. The summed E-state index contributed by atoms with van der Waals surface area (Å²) >= 11 is 0. The smallest absolute Gasteiger partial charge is 0.264 e. The first-order chi connectivity index (χ1) is 24.7. The summed E-state index contributed by atoms with van der Waals surface area (Å²) < 4.78 is 25.5. The van der Waals surface area contributed by atoms with Gasteiger partial charge in [-0.3, -0.25) is 23.8 Å². The van der Waals surface area contributed by atoms with Crippen LogP contribution in [0.4, 0.5) is 4.39 Å². The minimum Gasteiger partial charge on any atom is -0.496 e. The Morgan fingerprint density at radius 2 is 1.77 bits per heavy atom. The molecular weight excluding hydrogens is 657 g/mol. The van der Waals surface area contributed by atoms with Crippen molar-refractivity contribution >= 4 is 11.8 Å². The van der Waals surface area contributed by atoms with Crippen molar-refractivity contribution in [2.45, 2.75) is 84.5 Å². The number of likely N-dealkylation sites (N-methyl/N-ethyl adjacent to an activating group) is 1. The maximum Gasteiger partial charge on any atom is 0.264 e. The molecule has 278 valence electrons. The number of nitriles is 1. The van der Waals surface area contributed by atoms with Crippen molar-refractivity contribution in [3.8, 4) is 17.6 Å². The zero-order valence-corrected chi connectivity index (χ0v) is 32.1. The molecule has 0 N–H and O–H groups in total. The molecule has 1 saturated heterocycles. The van der Waals surface area contributed by atoms with E-state index in [-0.39, 0.29) is 34.9 Å². The monoisotopic (exact) mass is 711 g/mol. The number of nitrogens with zero attached hydrogens (tertiary/aromatic N) is 5. The van der Waals surface area contributed by atoms with Crippen LogP contribution in [0.2, 0.25) is 0 Å². The lowest BCUT2D eigenvalue weighted by Crippen LogP contribution is -2.54. The van der Waals surface area contributed by atoms with E-state index in [1.165, 1.54) is 17.2 Å². The highest BCUT2D eigenvalue weighted by Crippen LogP contribution is 2.46. The van der Waals surface area contributed by atoms with Gasteiger partial charge in [-0.25, -0.2) is 0 Å². The third-order valence-corrected chi connectivity index (χ3v) is 12.0. The molecule has 1 saturated carbocycles. The van der Waals surface area contributed by atoms with Crippen molar-refractivity contribution in [3.05, 3.63) is 80.9 Å². The van der Waals surface area contributed by atoms with Crippen LogP contribution in [0.15, 0.2) is 53.1 Å². The number of hydrogen-bond acceptors (Lipinski definition) is 7. The third kappa shape index (κ3) is 7.22. The second-order valence-electron chi connectivity index (χ2n) is 16.1. The fraction of sp³-hybridized carbons (Fsp3) is 0.548. The van der Waals surface area contributed by atoms with Gasteiger partial charge in [0.25, 0.3) is 5.91 Å². The molecule has 1 unspecified atom stereocenters. The Kier molecular flexibility index (Phi) is 10.6. The molecule has 2 amide bonds. The van der Waals surface area contributed by atoms with Crippen LogP contribution in [0.3, 0.4) is 0 Å². The molecule has 3 heterocycles. The normalized spacial score (nSPS) is 22.4. The van der Waals surface area contributed by atoms with Gasteiger partial charge in [0.2, 0.25) is 5.91 Å². The van der Waals surface area contributed by atoms with E-state index in [0.29, 0.717) is 13.1 Å². The van der Waals surface area contributed by atoms with Gasteiger partial charge in [0.1, 0.15) is 23.1 Å². The van der Waals surface area contributed by atoms with Gasteiger partial charge < -0.3 is 19.3 Å². The summed E-state index contributed by atoms with van der Waals surface area (Å²) in [6, 6.07) is 12.8. The van der Waals surface area contributed by atoms with Crippen molar-refractivity contribution in [2.75, 3.05) is 60.7 Å². The molecule has 4 aliphatic rings. The third-order valence-electron chi connectivity index (χ3n) is 12.0. The highest BCUT2D eigenvalue weighted by atomic mass is 19.1. The molecule has 6 rings (SSSR count). The number of alkyl halides is 1. The first-order valence-electron chi connectivity index (χ1n) is 18.5. The molecule has 2 atom stereocenters. The van der Waals surface area contributed by atoms with E-state index >= 15 is 0 Å². The minimum absolute atomic E-state index is 0.00548. The summed E-state index contributed by atoms with van der Waals surface area (Å²) in [5.74, 6) is 1.46. The molecule has 0 radical (unpaired) electrons. The number of methoxy groups -OCH3 is 2. The molecule has 2 fully saturated rings. The van der Waals surface area contributed by atoms with Crippen LogP contribution in [0.1, 0.15) is 87.2 Å². The van der Waals surface area contributed by atoms with E-state index in [4.69, 9.17) is 9.47 Å². The van der Waals surface area contributed by atoms with Gasteiger partial charge >= 0.3 is 0 Å². The average Bonchev–Trinajstić information content (AvgIpc) is 3.91. The SMILES string of the molecule is COc1cc(C2CN(C)C(=O)C(C)=C2C)cc(OC)c1CN1CCN(Cc2ccc3c(c2)[C@@H](C)N(C(=O)/C(C#N)=C/C(C)(C)CF)CC3)C2(CC2)C1. The molecule has 1 spiro atoms. The minimum atomic E-state index is -0.873. The van der Waals surface area contributed by atoms with Crippen LogP contribution in [0.25, 0.3) is 0 Å². The number of carbonyl (C=O) groups excluding carboxylic acids is 2. The van der Waals surface area contributed by atoms with Crippen LogP contribution in [-0.2, 0) is 29.1 Å². The second kappa shape index (κ2) is 14.7. The van der Waals surface area contributed by atoms with Gasteiger partial charge in [-0.1, -0.05) is 43.7 Å². The fourth-order valence-electron chi connectivity index (χ4n) is 8.43. The number of ether oxygens (including phenoxy) is 2. The summed E-state index contributed by atoms with van der Waals surface area (Å²) in [6.07, 6.45) is 4.50. The average molecular weight is 712 g/mol. The Morgan fingerprint density at radius 3 is 2.38 bits per heavy atom.